The van der Waals surface area contributed by atoms with Gasteiger partial charge in [-0.3, -0.25) is 9.59 Å². The van der Waals surface area contributed by atoms with E-state index in [0.717, 1.165) is 16.9 Å². The minimum Gasteiger partial charge on any atom is -0.384 e. The normalized spacial score (nSPS) is 16.8. The second kappa shape index (κ2) is 8.49. The molecule has 10 nitrogen and oxygen atoms in total. The Balaban J connectivity index is 1.85. The van der Waals surface area contributed by atoms with E-state index in [1.807, 2.05) is 6.07 Å². The molecule has 3 N–H and O–H groups in total. The molecule has 188 valence electrons. The molecule has 1 atom stereocenters. The lowest BCUT2D eigenvalue weighted by molar-refractivity contribution is -0.152. The van der Waals surface area contributed by atoms with Gasteiger partial charge in [-0.15, -0.1) is 0 Å². The fourth-order valence-corrected chi connectivity index (χ4v) is 4.37. The number of nitrogens with zero attached hydrogens (tertiary/aromatic N) is 6. The van der Waals surface area contributed by atoms with E-state index in [1.54, 1.807) is 0 Å². The summed E-state index contributed by atoms with van der Waals surface area (Å²) in [5, 5.41) is 23.3. The lowest BCUT2D eigenvalue weighted by atomic mass is 9.95. The van der Waals surface area contributed by atoms with Crippen LogP contribution in [0.25, 0.3) is 16.8 Å². The van der Waals surface area contributed by atoms with Gasteiger partial charge in [-0.05, 0) is 39.0 Å². The smallest absolute Gasteiger partial charge is 0.384 e. The molecule has 2 amide bonds. The summed E-state index contributed by atoms with van der Waals surface area (Å²) < 4.78 is 42.2. The fourth-order valence-electron chi connectivity index (χ4n) is 4.37. The van der Waals surface area contributed by atoms with Gasteiger partial charge < -0.3 is 20.6 Å². The Hall–Kier alpha value is -4.18. The second-order valence-corrected chi connectivity index (χ2v) is 8.87. The van der Waals surface area contributed by atoms with Crippen molar-refractivity contribution >= 4 is 28.8 Å². The Morgan fingerprint density at radius 3 is 2.58 bits per heavy atom. The SMILES string of the molecule is C[C@@H](O)C(=O)N1CCN(c2cc(-c3cc(C(F)(F)F)c4c(N)ncnn34)ccc2C#N)C(=O)C1(C)C. The van der Waals surface area contributed by atoms with Crippen molar-refractivity contribution in [3.63, 3.8) is 0 Å². The number of carbonyl (C=O) groups is 2. The lowest BCUT2D eigenvalue weighted by Crippen LogP contribution is -2.66. The minimum absolute atomic E-state index is 0.0106. The summed E-state index contributed by atoms with van der Waals surface area (Å²) in [5.41, 5.74) is 3.52. The monoisotopic (exact) mass is 501 g/mol. The van der Waals surface area contributed by atoms with Gasteiger partial charge >= 0.3 is 6.18 Å². The number of anilines is 2. The topological polar surface area (TPSA) is 141 Å². The Labute approximate surface area is 203 Å². The number of amides is 2. The molecule has 3 heterocycles. The Morgan fingerprint density at radius 2 is 1.97 bits per heavy atom. The predicted molar refractivity (Wildman–Crippen MR) is 122 cm³/mol. The molecule has 1 aliphatic heterocycles. The molecule has 1 saturated heterocycles. The van der Waals surface area contributed by atoms with Gasteiger partial charge in [0.2, 0.25) is 0 Å². The summed E-state index contributed by atoms with van der Waals surface area (Å²) in [6.07, 6.45) is -5.01. The number of hydrogen-bond acceptors (Lipinski definition) is 7. The maximum Gasteiger partial charge on any atom is 0.418 e. The molecule has 0 unspecified atom stereocenters. The molecule has 0 bridgehead atoms. The predicted octanol–water partition coefficient (Wildman–Crippen LogP) is 2.20. The first kappa shape index (κ1) is 24.9. The molecule has 0 spiro atoms. The maximum absolute atomic E-state index is 13.7. The number of nitriles is 1. The van der Waals surface area contributed by atoms with Crippen LogP contribution in [0.3, 0.4) is 0 Å². The van der Waals surface area contributed by atoms with Gasteiger partial charge in [0, 0.05) is 18.7 Å². The van der Waals surface area contributed by atoms with Crippen LogP contribution in [0.1, 0.15) is 31.9 Å². The molecular weight excluding hydrogens is 479 g/mol. The third-order valence-corrected chi connectivity index (χ3v) is 6.21. The van der Waals surface area contributed by atoms with Gasteiger partial charge in [0.25, 0.3) is 11.8 Å². The summed E-state index contributed by atoms with van der Waals surface area (Å²) in [6, 6.07) is 7.16. The standard InChI is InChI=1S/C23H22F3N7O3/c1-12(34)20(35)32-7-6-31(21(36)22(32,2)3)16-8-13(4-5-14(16)10-27)17-9-15(23(24,25)26)18-19(28)29-11-30-33(17)18/h4-5,8-9,11-12,34H,6-7H2,1-3H3,(H2,28,29,30)/t12-/m1/s1. The van der Waals surface area contributed by atoms with E-state index in [0.29, 0.717) is 0 Å². The van der Waals surface area contributed by atoms with E-state index in [4.69, 9.17) is 5.73 Å². The molecule has 0 saturated carbocycles. The molecule has 0 aliphatic carbocycles. The molecule has 2 aromatic heterocycles. The van der Waals surface area contributed by atoms with Gasteiger partial charge in [0.05, 0.1) is 22.5 Å². The summed E-state index contributed by atoms with van der Waals surface area (Å²) in [6.45, 7) is 4.44. The third-order valence-electron chi connectivity index (χ3n) is 6.21. The number of benzene rings is 1. The second-order valence-electron chi connectivity index (χ2n) is 8.87. The number of piperazine rings is 1. The van der Waals surface area contributed by atoms with E-state index < -0.39 is 40.7 Å². The van der Waals surface area contributed by atoms with Gasteiger partial charge in [0.15, 0.2) is 5.82 Å². The molecule has 1 aliphatic rings. The van der Waals surface area contributed by atoms with E-state index >= 15 is 0 Å². The number of halogens is 3. The number of aliphatic hydroxyl groups excluding tert-OH is 1. The quantitative estimate of drug-likeness (QED) is 0.561. The number of aromatic nitrogens is 3. The van der Waals surface area contributed by atoms with Crippen molar-refractivity contribution in [1.29, 1.82) is 5.26 Å². The molecule has 1 fully saturated rings. The number of hydrogen-bond donors (Lipinski definition) is 2. The highest BCUT2D eigenvalue weighted by atomic mass is 19.4. The van der Waals surface area contributed by atoms with E-state index in [9.17, 15) is 33.1 Å². The van der Waals surface area contributed by atoms with Crippen LogP contribution < -0.4 is 10.6 Å². The van der Waals surface area contributed by atoms with Gasteiger partial charge in [-0.25, -0.2) is 9.50 Å². The Morgan fingerprint density at radius 1 is 1.28 bits per heavy atom. The molecule has 13 heteroatoms. The van der Waals surface area contributed by atoms with Crippen molar-refractivity contribution in [2.45, 2.75) is 38.6 Å². The molecule has 3 aromatic rings. The van der Waals surface area contributed by atoms with Crippen molar-refractivity contribution in [2.75, 3.05) is 23.7 Å². The van der Waals surface area contributed by atoms with Crippen molar-refractivity contribution in [2.24, 2.45) is 0 Å². The molecule has 4 rings (SSSR count). The number of alkyl halides is 3. The summed E-state index contributed by atoms with van der Waals surface area (Å²) in [5.74, 6) is -1.48. The minimum atomic E-state index is -4.73. The third kappa shape index (κ3) is 3.89. The van der Waals surface area contributed by atoms with E-state index in [-0.39, 0.29) is 41.4 Å². The number of nitrogens with two attached hydrogens (primary N) is 1. The average Bonchev–Trinajstić information content (AvgIpc) is 3.21. The number of fused-ring (bicyclic) bond motifs is 1. The molecular formula is C23H22F3N7O3. The summed E-state index contributed by atoms with van der Waals surface area (Å²) in [7, 11) is 0. The number of rotatable bonds is 3. The zero-order valence-electron chi connectivity index (χ0n) is 19.5. The molecule has 1 aromatic carbocycles. The van der Waals surface area contributed by atoms with Crippen molar-refractivity contribution < 1.29 is 27.9 Å². The molecule has 0 radical (unpaired) electrons. The zero-order chi connectivity index (χ0) is 26.6. The highest BCUT2D eigenvalue weighted by Gasteiger charge is 2.46. The highest BCUT2D eigenvalue weighted by molar-refractivity contribution is 6.04. The van der Waals surface area contributed by atoms with Crippen LogP contribution in [0.5, 0.6) is 0 Å². The number of carbonyl (C=O) groups excluding carboxylic acids is 2. The van der Waals surface area contributed by atoms with Crippen molar-refractivity contribution in [1.82, 2.24) is 19.5 Å². The number of nitrogen functional groups attached to an aromatic ring is 1. The van der Waals surface area contributed by atoms with Crippen molar-refractivity contribution in [3.05, 3.63) is 41.7 Å². The maximum atomic E-state index is 13.7. The number of aliphatic hydroxyl groups is 1. The summed E-state index contributed by atoms with van der Waals surface area (Å²) >= 11 is 0. The zero-order valence-corrected chi connectivity index (χ0v) is 19.5. The van der Waals surface area contributed by atoms with Crippen molar-refractivity contribution in [3.8, 4) is 17.3 Å². The van der Waals surface area contributed by atoms with Gasteiger partial charge in [-0.1, -0.05) is 6.07 Å². The van der Waals surface area contributed by atoms with Gasteiger partial charge in [-0.2, -0.15) is 23.5 Å². The lowest BCUT2D eigenvalue weighted by Gasteiger charge is -2.46. The van der Waals surface area contributed by atoms with Crippen LogP contribution in [0.15, 0.2) is 30.6 Å². The average molecular weight is 501 g/mol. The van der Waals surface area contributed by atoms with E-state index in [2.05, 4.69) is 10.1 Å². The van der Waals surface area contributed by atoms with Crippen LogP contribution in [-0.2, 0) is 15.8 Å². The van der Waals surface area contributed by atoms with Crippen LogP contribution in [0.4, 0.5) is 24.7 Å². The Bertz CT molecular complexity index is 1420. The molecule has 36 heavy (non-hydrogen) atoms. The largest absolute Gasteiger partial charge is 0.418 e. The first-order valence-electron chi connectivity index (χ1n) is 10.8. The van der Waals surface area contributed by atoms with E-state index in [1.165, 1.54) is 48.8 Å². The Kier molecular flexibility index (Phi) is 5.88. The first-order valence-corrected chi connectivity index (χ1v) is 10.8. The highest BCUT2D eigenvalue weighted by Crippen LogP contribution is 2.40. The first-order chi connectivity index (χ1) is 16.8. The van der Waals surface area contributed by atoms with Gasteiger partial charge in [0.1, 0.15) is 29.6 Å². The van der Waals surface area contributed by atoms with Crippen LogP contribution in [0.2, 0.25) is 0 Å². The van der Waals surface area contributed by atoms with Crippen LogP contribution in [0, 0.1) is 11.3 Å². The fraction of sp³-hybridized carbons (Fsp3) is 0.348. The summed E-state index contributed by atoms with van der Waals surface area (Å²) in [4.78, 5) is 32.1. The van der Waals surface area contributed by atoms with Crippen LogP contribution in [-0.4, -0.2) is 61.2 Å². The van der Waals surface area contributed by atoms with Crippen LogP contribution >= 0.6 is 0 Å².